The maximum atomic E-state index is 3.69. The molecule has 3 unspecified atom stereocenters. The van der Waals surface area contributed by atoms with E-state index in [1.54, 1.807) is 0 Å². The van der Waals surface area contributed by atoms with E-state index in [9.17, 15) is 0 Å². The van der Waals surface area contributed by atoms with Crippen LogP contribution in [0.2, 0.25) is 0 Å². The largest absolute Gasteiger partial charge is 0.312 e. The van der Waals surface area contributed by atoms with Gasteiger partial charge in [0.1, 0.15) is 0 Å². The summed E-state index contributed by atoms with van der Waals surface area (Å²) in [7, 11) is 0. The summed E-state index contributed by atoms with van der Waals surface area (Å²) in [4.78, 5) is 0. The van der Waals surface area contributed by atoms with Crippen LogP contribution in [0, 0.1) is 5.92 Å². The van der Waals surface area contributed by atoms with Crippen LogP contribution in [0.4, 0.5) is 0 Å². The average Bonchev–Trinajstić information content (AvgIpc) is 2.52. The maximum Gasteiger partial charge on any atom is 0.00722 e. The van der Waals surface area contributed by atoms with Crippen molar-refractivity contribution in [2.45, 2.75) is 65.0 Å². The molecular weight excluding hydrogens is 146 g/mol. The minimum absolute atomic E-state index is 0.714. The van der Waals surface area contributed by atoms with Crippen molar-refractivity contribution in [1.29, 1.82) is 0 Å². The molecule has 0 spiro atoms. The van der Waals surface area contributed by atoms with Gasteiger partial charge in [0.2, 0.25) is 0 Å². The van der Waals surface area contributed by atoms with E-state index in [1.807, 2.05) is 0 Å². The van der Waals surface area contributed by atoms with Crippen molar-refractivity contribution in [3.63, 3.8) is 0 Å². The van der Waals surface area contributed by atoms with Crippen molar-refractivity contribution in [2.24, 2.45) is 5.92 Å². The third kappa shape index (κ3) is 2.78. The van der Waals surface area contributed by atoms with Gasteiger partial charge in [-0.05, 0) is 38.5 Å². The lowest BCUT2D eigenvalue weighted by molar-refractivity contribution is 0.423. The molecule has 0 aromatic heterocycles. The van der Waals surface area contributed by atoms with Crippen LogP contribution in [-0.2, 0) is 0 Å². The predicted molar refractivity (Wildman–Crippen MR) is 54.3 cm³/mol. The maximum absolute atomic E-state index is 3.69. The van der Waals surface area contributed by atoms with Crippen molar-refractivity contribution >= 4 is 0 Å². The van der Waals surface area contributed by atoms with E-state index >= 15 is 0 Å². The van der Waals surface area contributed by atoms with Gasteiger partial charge in [0.05, 0.1) is 0 Å². The van der Waals surface area contributed by atoms with Crippen molar-refractivity contribution in [3.05, 3.63) is 0 Å². The van der Waals surface area contributed by atoms with Crippen LogP contribution in [0.1, 0.15) is 52.9 Å². The highest BCUT2D eigenvalue weighted by Gasteiger charge is 2.23. The van der Waals surface area contributed by atoms with Crippen molar-refractivity contribution in [2.75, 3.05) is 0 Å². The predicted octanol–water partition coefficient (Wildman–Crippen LogP) is 2.95. The molecule has 1 fully saturated rings. The van der Waals surface area contributed by atoms with Gasteiger partial charge in [-0.25, -0.2) is 0 Å². The third-order valence-corrected chi connectivity index (χ3v) is 3.25. The molecule has 1 nitrogen and oxygen atoms in total. The number of rotatable bonds is 4. The highest BCUT2D eigenvalue weighted by Crippen LogP contribution is 2.28. The van der Waals surface area contributed by atoms with Crippen LogP contribution in [-0.4, -0.2) is 12.1 Å². The zero-order chi connectivity index (χ0) is 8.97. The Morgan fingerprint density at radius 3 is 2.58 bits per heavy atom. The second-order valence-electron chi connectivity index (χ2n) is 4.26. The Hall–Kier alpha value is -0.0400. The van der Waals surface area contributed by atoms with Crippen LogP contribution in [0.5, 0.6) is 0 Å². The molecule has 1 N–H and O–H groups in total. The molecule has 0 aromatic carbocycles. The second-order valence-corrected chi connectivity index (χ2v) is 4.26. The first-order valence-corrected chi connectivity index (χ1v) is 5.52. The van der Waals surface area contributed by atoms with Crippen molar-refractivity contribution in [1.82, 2.24) is 5.32 Å². The molecule has 3 atom stereocenters. The molecule has 0 bridgehead atoms. The third-order valence-electron chi connectivity index (χ3n) is 3.25. The van der Waals surface area contributed by atoms with Gasteiger partial charge in [-0.15, -0.1) is 0 Å². The van der Waals surface area contributed by atoms with Gasteiger partial charge < -0.3 is 5.32 Å². The Labute approximate surface area is 76.9 Å². The molecular formula is C11H23N. The molecule has 1 saturated carbocycles. The molecule has 0 amide bonds. The molecule has 0 heterocycles. The van der Waals surface area contributed by atoms with Crippen molar-refractivity contribution in [3.8, 4) is 0 Å². The highest BCUT2D eigenvalue weighted by atomic mass is 14.9. The fraction of sp³-hybridized carbons (Fsp3) is 1.00. The van der Waals surface area contributed by atoms with E-state index in [2.05, 4.69) is 26.1 Å². The Kier molecular flexibility index (Phi) is 4.07. The summed E-state index contributed by atoms with van der Waals surface area (Å²) < 4.78 is 0. The summed E-state index contributed by atoms with van der Waals surface area (Å²) in [6.07, 6.45) is 6.90. The molecule has 12 heavy (non-hydrogen) atoms. The van der Waals surface area contributed by atoms with Gasteiger partial charge in [0, 0.05) is 12.1 Å². The minimum atomic E-state index is 0.714. The van der Waals surface area contributed by atoms with E-state index in [0.29, 0.717) is 6.04 Å². The molecule has 0 radical (unpaired) electrons. The van der Waals surface area contributed by atoms with Crippen molar-refractivity contribution < 1.29 is 0 Å². The first-order valence-electron chi connectivity index (χ1n) is 5.52. The van der Waals surface area contributed by atoms with Crippen LogP contribution in [0.25, 0.3) is 0 Å². The van der Waals surface area contributed by atoms with Crippen LogP contribution < -0.4 is 5.32 Å². The van der Waals surface area contributed by atoms with Crippen LogP contribution in [0.15, 0.2) is 0 Å². The Bertz CT molecular complexity index is 122. The summed E-state index contributed by atoms with van der Waals surface area (Å²) in [6, 6.07) is 1.54. The van der Waals surface area contributed by atoms with E-state index in [1.165, 1.54) is 32.1 Å². The molecule has 1 aliphatic rings. The second kappa shape index (κ2) is 4.86. The van der Waals surface area contributed by atoms with E-state index in [-0.39, 0.29) is 0 Å². The number of nitrogens with one attached hydrogen (secondary N) is 1. The first-order chi connectivity index (χ1) is 5.76. The molecule has 0 aromatic rings. The smallest absolute Gasteiger partial charge is 0.00722 e. The quantitative estimate of drug-likeness (QED) is 0.682. The van der Waals surface area contributed by atoms with Gasteiger partial charge in [-0.2, -0.15) is 0 Å². The van der Waals surface area contributed by atoms with Gasteiger partial charge >= 0.3 is 0 Å². The summed E-state index contributed by atoms with van der Waals surface area (Å²) in [5, 5.41) is 3.69. The summed E-state index contributed by atoms with van der Waals surface area (Å²) in [6.45, 7) is 6.86. The van der Waals surface area contributed by atoms with Crippen LogP contribution >= 0.6 is 0 Å². The first kappa shape index (κ1) is 10.0. The zero-order valence-electron chi connectivity index (χ0n) is 8.77. The van der Waals surface area contributed by atoms with E-state index in [0.717, 1.165) is 12.0 Å². The number of hydrogen-bond donors (Lipinski definition) is 1. The zero-order valence-corrected chi connectivity index (χ0v) is 8.77. The Balaban J connectivity index is 2.18. The molecule has 0 saturated heterocycles. The molecule has 0 aliphatic heterocycles. The molecule has 1 aliphatic carbocycles. The monoisotopic (exact) mass is 169 g/mol. The Morgan fingerprint density at radius 2 is 2.08 bits per heavy atom. The standard InChI is InChI=1S/C11H23N/c1-4-9(3)12-11-7-6-10(5-2)8-11/h9-12H,4-8H2,1-3H3. The summed E-state index contributed by atoms with van der Waals surface area (Å²) >= 11 is 0. The van der Waals surface area contributed by atoms with Gasteiger partial charge in [0.25, 0.3) is 0 Å². The minimum Gasteiger partial charge on any atom is -0.312 e. The van der Waals surface area contributed by atoms with Gasteiger partial charge in [-0.3, -0.25) is 0 Å². The van der Waals surface area contributed by atoms with Gasteiger partial charge in [-0.1, -0.05) is 20.3 Å². The van der Waals surface area contributed by atoms with E-state index in [4.69, 9.17) is 0 Å². The highest BCUT2D eigenvalue weighted by molar-refractivity contribution is 4.81. The number of hydrogen-bond acceptors (Lipinski definition) is 1. The lowest BCUT2D eigenvalue weighted by atomic mass is 10.1. The summed E-state index contributed by atoms with van der Waals surface area (Å²) in [5.41, 5.74) is 0. The fourth-order valence-corrected chi connectivity index (χ4v) is 2.12. The van der Waals surface area contributed by atoms with Gasteiger partial charge in [0.15, 0.2) is 0 Å². The van der Waals surface area contributed by atoms with E-state index < -0.39 is 0 Å². The molecule has 1 rings (SSSR count). The fourth-order valence-electron chi connectivity index (χ4n) is 2.12. The lowest BCUT2D eigenvalue weighted by Crippen LogP contribution is -2.34. The summed E-state index contributed by atoms with van der Waals surface area (Å²) in [5.74, 6) is 1.01. The SMILES string of the molecule is CCC1CCC(NC(C)CC)C1. The molecule has 72 valence electrons. The van der Waals surface area contributed by atoms with Crippen LogP contribution in [0.3, 0.4) is 0 Å². The molecule has 1 heteroatoms. The Morgan fingerprint density at radius 1 is 1.33 bits per heavy atom. The lowest BCUT2D eigenvalue weighted by Gasteiger charge is -2.17. The topological polar surface area (TPSA) is 12.0 Å². The normalized spacial score (nSPS) is 32.2. The average molecular weight is 169 g/mol.